The van der Waals surface area contributed by atoms with Gasteiger partial charge in [0.2, 0.25) is 5.91 Å². The molecule has 1 saturated heterocycles. The molecule has 1 aliphatic rings. The highest BCUT2D eigenvalue weighted by atomic mass is 16.5. The summed E-state index contributed by atoms with van der Waals surface area (Å²) in [6.07, 6.45) is 1.56. The van der Waals surface area contributed by atoms with Crippen LogP contribution in [-0.4, -0.2) is 75.0 Å². The van der Waals surface area contributed by atoms with Crippen molar-refractivity contribution >= 4 is 5.91 Å². The van der Waals surface area contributed by atoms with Crippen molar-refractivity contribution in [1.29, 1.82) is 0 Å². The molecule has 0 aromatic heterocycles. The molecule has 0 radical (unpaired) electrons. The van der Waals surface area contributed by atoms with Gasteiger partial charge in [0.1, 0.15) is 0 Å². The quantitative estimate of drug-likeness (QED) is 0.477. The van der Waals surface area contributed by atoms with Gasteiger partial charge in [0.25, 0.3) is 0 Å². The summed E-state index contributed by atoms with van der Waals surface area (Å²) in [7, 11) is 3.50. The lowest BCUT2D eigenvalue weighted by Crippen LogP contribution is -2.46. The predicted octanol–water partition coefficient (Wildman–Crippen LogP) is -1.20. The molecular weight excluding hydrogens is 234 g/mol. The van der Waals surface area contributed by atoms with Gasteiger partial charge in [0.15, 0.2) is 0 Å². The van der Waals surface area contributed by atoms with Gasteiger partial charge >= 0.3 is 0 Å². The highest BCUT2D eigenvalue weighted by molar-refractivity contribution is 5.77. The maximum Gasteiger partial charge on any atom is 0.234 e. The zero-order valence-corrected chi connectivity index (χ0v) is 11.4. The first kappa shape index (κ1) is 15.4. The second-order valence-corrected chi connectivity index (χ2v) is 5.02. The summed E-state index contributed by atoms with van der Waals surface area (Å²) < 4.78 is 4.90. The first-order valence-corrected chi connectivity index (χ1v) is 6.43. The molecule has 3 N–H and O–H groups in total. The van der Waals surface area contributed by atoms with Crippen LogP contribution >= 0.6 is 0 Å². The van der Waals surface area contributed by atoms with Gasteiger partial charge in [0, 0.05) is 33.4 Å². The number of hydrogen-bond acceptors (Lipinski definition) is 5. The molecule has 6 heteroatoms. The molecule has 0 bridgehead atoms. The number of aliphatic hydroxyl groups is 1. The van der Waals surface area contributed by atoms with Crippen LogP contribution in [0.15, 0.2) is 0 Å². The molecule has 106 valence electrons. The topological polar surface area (TPSA) is 73.8 Å². The molecule has 1 aliphatic heterocycles. The van der Waals surface area contributed by atoms with Crippen molar-refractivity contribution in [3.05, 3.63) is 0 Å². The SMILES string of the molecule is COCCCNC(=O)CN(C)CC1(O)CCNC1. The Morgan fingerprint density at radius 1 is 1.61 bits per heavy atom. The van der Waals surface area contributed by atoms with Gasteiger partial charge in [0.05, 0.1) is 12.1 Å². The fourth-order valence-corrected chi connectivity index (χ4v) is 2.17. The van der Waals surface area contributed by atoms with E-state index in [1.165, 1.54) is 0 Å². The van der Waals surface area contributed by atoms with Crippen molar-refractivity contribution in [3.63, 3.8) is 0 Å². The molecule has 0 aliphatic carbocycles. The monoisotopic (exact) mass is 259 g/mol. The normalized spacial score (nSPS) is 23.6. The number of likely N-dealkylation sites (N-methyl/N-ethyl adjacent to an activating group) is 1. The molecule has 0 saturated carbocycles. The largest absolute Gasteiger partial charge is 0.387 e. The van der Waals surface area contributed by atoms with E-state index in [-0.39, 0.29) is 5.91 Å². The summed E-state index contributed by atoms with van der Waals surface area (Å²) in [5.41, 5.74) is -0.689. The predicted molar refractivity (Wildman–Crippen MR) is 69.4 cm³/mol. The summed E-state index contributed by atoms with van der Waals surface area (Å²) in [5.74, 6) is -0.0110. The smallest absolute Gasteiger partial charge is 0.234 e. The van der Waals surface area contributed by atoms with E-state index >= 15 is 0 Å². The summed E-state index contributed by atoms with van der Waals surface area (Å²) in [6.45, 7) is 3.56. The second-order valence-electron chi connectivity index (χ2n) is 5.02. The van der Waals surface area contributed by atoms with Gasteiger partial charge in [-0.2, -0.15) is 0 Å². The first-order chi connectivity index (χ1) is 8.56. The lowest BCUT2D eigenvalue weighted by molar-refractivity contribution is -0.122. The van der Waals surface area contributed by atoms with Gasteiger partial charge in [-0.05, 0) is 26.4 Å². The van der Waals surface area contributed by atoms with E-state index in [2.05, 4.69) is 10.6 Å². The Bertz CT molecular complexity index is 255. The maximum absolute atomic E-state index is 11.6. The molecule has 1 unspecified atom stereocenters. The molecule has 0 spiro atoms. The third kappa shape index (κ3) is 5.77. The van der Waals surface area contributed by atoms with Crippen molar-refractivity contribution in [1.82, 2.24) is 15.5 Å². The van der Waals surface area contributed by atoms with E-state index in [1.54, 1.807) is 7.11 Å². The number of nitrogens with zero attached hydrogens (tertiary/aromatic N) is 1. The Balaban J connectivity index is 2.14. The molecule has 1 atom stereocenters. The third-order valence-electron chi connectivity index (χ3n) is 3.05. The van der Waals surface area contributed by atoms with Gasteiger partial charge in [-0.15, -0.1) is 0 Å². The first-order valence-electron chi connectivity index (χ1n) is 6.43. The van der Waals surface area contributed by atoms with Crippen molar-refractivity contribution in [2.75, 3.05) is 53.5 Å². The molecule has 0 aromatic rings. The minimum Gasteiger partial charge on any atom is -0.387 e. The van der Waals surface area contributed by atoms with E-state index in [4.69, 9.17) is 4.74 Å². The Morgan fingerprint density at radius 3 is 3.00 bits per heavy atom. The van der Waals surface area contributed by atoms with Crippen LogP contribution in [0.25, 0.3) is 0 Å². The van der Waals surface area contributed by atoms with Gasteiger partial charge in [-0.25, -0.2) is 0 Å². The minimum absolute atomic E-state index is 0.0110. The van der Waals surface area contributed by atoms with E-state index in [9.17, 15) is 9.90 Å². The van der Waals surface area contributed by atoms with Crippen LogP contribution in [0.3, 0.4) is 0 Å². The molecule has 1 fully saturated rings. The van der Waals surface area contributed by atoms with Crippen LogP contribution in [0.2, 0.25) is 0 Å². The highest BCUT2D eigenvalue weighted by Gasteiger charge is 2.32. The van der Waals surface area contributed by atoms with Crippen LogP contribution in [-0.2, 0) is 9.53 Å². The highest BCUT2D eigenvalue weighted by Crippen LogP contribution is 2.14. The van der Waals surface area contributed by atoms with Crippen LogP contribution < -0.4 is 10.6 Å². The lowest BCUT2D eigenvalue weighted by Gasteiger charge is -2.27. The number of methoxy groups -OCH3 is 1. The van der Waals surface area contributed by atoms with Gasteiger partial charge < -0.3 is 20.5 Å². The van der Waals surface area contributed by atoms with E-state index < -0.39 is 5.60 Å². The molecule has 0 aromatic carbocycles. The standard InChI is InChI=1S/C12H25N3O3/c1-15(10-12(17)4-6-13-9-12)8-11(16)14-5-3-7-18-2/h13,17H,3-10H2,1-2H3,(H,14,16). The van der Waals surface area contributed by atoms with Gasteiger partial charge in [-0.3, -0.25) is 9.69 Å². The number of nitrogens with one attached hydrogen (secondary N) is 2. The van der Waals surface area contributed by atoms with E-state index in [0.29, 0.717) is 32.8 Å². The van der Waals surface area contributed by atoms with Crippen LogP contribution in [0, 0.1) is 0 Å². The van der Waals surface area contributed by atoms with E-state index in [1.807, 2.05) is 11.9 Å². The minimum atomic E-state index is -0.689. The average Bonchev–Trinajstić information content (AvgIpc) is 2.70. The summed E-state index contributed by atoms with van der Waals surface area (Å²) in [4.78, 5) is 13.5. The molecule has 1 rings (SSSR count). The van der Waals surface area contributed by atoms with Crippen LogP contribution in [0.5, 0.6) is 0 Å². The molecule has 18 heavy (non-hydrogen) atoms. The summed E-state index contributed by atoms with van der Waals surface area (Å²) in [5, 5.41) is 16.1. The Hall–Kier alpha value is -0.690. The maximum atomic E-state index is 11.6. The zero-order valence-electron chi connectivity index (χ0n) is 11.4. The molecule has 1 amide bonds. The van der Waals surface area contributed by atoms with Crippen LogP contribution in [0.1, 0.15) is 12.8 Å². The number of β-amino-alcohol motifs (C(OH)–C–C–N with tert-alkyl or cyclic N) is 1. The van der Waals surface area contributed by atoms with Crippen molar-refractivity contribution in [2.45, 2.75) is 18.4 Å². The third-order valence-corrected chi connectivity index (χ3v) is 3.05. The Labute approximate surface area is 109 Å². The zero-order chi connectivity index (χ0) is 13.4. The second kappa shape index (κ2) is 7.68. The average molecular weight is 259 g/mol. The van der Waals surface area contributed by atoms with Crippen molar-refractivity contribution in [3.8, 4) is 0 Å². The summed E-state index contributed by atoms with van der Waals surface area (Å²) in [6, 6.07) is 0. The van der Waals surface area contributed by atoms with Crippen molar-refractivity contribution < 1.29 is 14.6 Å². The Morgan fingerprint density at radius 2 is 2.39 bits per heavy atom. The number of rotatable bonds is 8. The van der Waals surface area contributed by atoms with Crippen molar-refractivity contribution in [2.24, 2.45) is 0 Å². The van der Waals surface area contributed by atoms with Gasteiger partial charge in [-0.1, -0.05) is 0 Å². The fourth-order valence-electron chi connectivity index (χ4n) is 2.17. The fraction of sp³-hybridized carbons (Fsp3) is 0.917. The Kier molecular flexibility index (Phi) is 6.56. The molecule has 1 heterocycles. The molecule has 6 nitrogen and oxygen atoms in total. The van der Waals surface area contributed by atoms with E-state index in [0.717, 1.165) is 19.4 Å². The number of hydrogen-bond donors (Lipinski definition) is 3. The summed E-state index contributed by atoms with van der Waals surface area (Å²) >= 11 is 0. The van der Waals surface area contributed by atoms with Crippen LogP contribution in [0.4, 0.5) is 0 Å². The molecular formula is C12H25N3O3. The number of ether oxygens (including phenoxy) is 1. The number of amides is 1. The lowest BCUT2D eigenvalue weighted by atomic mass is 10.0. The number of carbonyl (C=O) groups excluding carboxylic acids is 1. The number of carbonyl (C=O) groups is 1.